The molecule has 0 aliphatic carbocycles. The van der Waals surface area contributed by atoms with Gasteiger partial charge in [-0.15, -0.1) is 0 Å². The topological polar surface area (TPSA) is 9.86 Å². The molecular weight excluding hydrogens is 324 g/mol. The van der Waals surface area contributed by atoms with E-state index in [1.165, 1.54) is 42.4 Å². The van der Waals surface area contributed by atoms with E-state index < -0.39 is 0 Å². The lowest BCUT2D eigenvalue weighted by atomic mass is 10.4. The fourth-order valence-electron chi connectivity index (χ4n) is 2.33. The van der Waals surface area contributed by atoms with Gasteiger partial charge >= 0.3 is 0 Å². The van der Waals surface area contributed by atoms with Crippen molar-refractivity contribution in [1.82, 2.24) is 9.13 Å². The molecule has 0 spiro atoms. The molecule has 2 aromatic heterocycles. The van der Waals surface area contributed by atoms with Gasteiger partial charge < -0.3 is 9.13 Å². The fourth-order valence-corrected chi connectivity index (χ4v) is 9.17. The van der Waals surface area contributed by atoms with Crippen LogP contribution >= 0.6 is 43.2 Å². The van der Waals surface area contributed by atoms with E-state index in [1.54, 1.807) is 0 Å². The first-order valence-corrected chi connectivity index (χ1v) is 10.7. The number of fused-ring (bicyclic) bond motifs is 2. The molecule has 20 heavy (non-hydrogen) atoms. The standard InChI is InChI=1S/C14H18N2S4/c1-7-11-12(8(2)15(7)5)18-20-14-10(4)16(6)9(3)13(14)19-17-11/h1-6H3. The second-order valence-electron chi connectivity index (χ2n) is 5.11. The molecule has 0 aromatic carbocycles. The second kappa shape index (κ2) is 5.30. The van der Waals surface area contributed by atoms with Gasteiger partial charge in [0.25, 0.3) is 0 Å². The summed E-state index contributed by atoms with van der Waals surface area (Å²) in [5, 5.41) is 0. The largest absolute Gasteiger partial charge is 0.350 e. The Morgan fingerprint density at radius 1 is 0.500 bits per heavy atom. The highest BCUT2D eigenvalue weighted by molar-refractivity contribution is 8.79. The molecular formula is C14H18N2S4. The van der Waals surface area contributed by atoms with Crippen molar-refractivity contribution in [2.24, 2.45) is 14.1 Å². The Bertz CT molecular complexity index is 582. The van der Waals surface area contributed by atoms with Gasteiger partial charge in [-0.25, -0.2) is 0 Å². The van der Waals surface area contributed by atoms with Crippen molar-refractivity contribution in [2.45, 2.75) is 47.3 Å². The Labute approximate surface area is 136 Å². The van der Waals surface area contributed by atoms with Gasteiger partial charge in [0.2, 0.25) is 0 Å². The normalized spacial score (nSPS) is 14.7. The first-order valence-electron chi connectivity index (χ1n) is 6.44. The molecule has 0 atom stereocenters. The van der Waals surface area contributed by atoms with E-state index in [9.17, 15) is 0 Å². The smallest absolute Gasteiger partial charge is 0.0540 e. The quantitative estimate of drug-likeness (QED) is 0.584. The summed E-state index contributed by atoms with van der Waals surface area (Å²) in [7, 11) is 12.0. The van der Waals surface area contributed by atoms with E-state index in [0.29, 0.717) is 0 Å². The minimum absolute atomic E-state index is 1.37. The maximum absolute atomic E-state index is 2.31. The minimum atomic E-state index is 1.37. The van der Waals surface area contributed by atoms with Crippen LogP contribution in [0, 0.1) is 27.7 Å². The predicted octanol–water partition coefficient (Wildman–Crippen LogP) is 5.51. The van der Waals surface area contributed by atoms with Crippen molar-refractivity contribution in [2.75, 3.05) is 0 Å². The highest BCUT2D eigenvalue weighted by Gasteiger charge is 2.25. The minimum Gasteiger partial charge on any atom is -0.350 e. The van der Waals surface area contributed by atoms with Gasteiger partial charge in [0.15, 0.2) is 0 Å². The van der Waals surface area contributed by atoms with Gasteiger partial charge in [0.1, 0.15) is 0 Å². The van der Waals surface area contributed by atoms with Gasteiger partial charge in [0, 0.05) is 36.9 Å². The summed E-state index contributed by atoms with van der Waals surface area (Å²) in [6, 6.07) is 0. The van der Waals surface area contributed by atoms with Crippen LogP contribution in [-0.2, 0) is 14.1 Å². The number of nitrogens with zero attached hydrogens (tertiary/aromatic N) is 2. The molecule has 0 fully saturated rings. The lowest BCUT2D eigenvalue weighted by molar-refractivity contribution is 0.830. The average molecular weight is 343 g/mol. The SMILES string of the molecule is Cc1c2c(c(C)n1C)SSc1c(c(C)n(C)c1C)SS2. The number of rotatable bonds is 0. The maximum Gasteiger partial charge on any atom is 0.0540 e. The van der Waals surface area contributed by atoms with Crippen LogP contribution in [0.25, 0.3) is 0 Å². The summed E-state index contributed by atoms with van der Waals surface area (Å²) >= 11 is 0. The number of hydrogen-bond acceptors (Lipinski definition) is 4. The van der Waals surface area contributed by atoms with Crippen LogP contribution in [0.1, 0.15) is 22.8 Å². The fraction of sp³-hybridized carbons (Fsp3) is 0.429. The van der Waals surface area contributed by atoms with E-state index in [4.69, 9.17) is 0 Å². The molecule has 0 N–H and O–H groups in total. The molecule has 0 radical (unpaired) electrons. The molecule has 1 aliphatic heterocycles. The maximum atomic E-state index is 2.31. The lowest BCUT2D eigenvalue weighted by Gasteiger charge is -2.11. The van der Waals surface area contributed by atoms with Gasteiger partial charge in [0.05, 0.1) is 19.6 Å². The van der Waals surface area contributed by atoms with Crippen LogP contribution in [-0.4, -0.2) is 9.13 Å². The highest BCUT2D eigenvalue weighted by Crippen LogP contribution is 2.57. The van der Waals surface area contributed by atoms with Gasteiger partial charge in [-0.3, -0.25) is 0 Å². The van der Waals surface area contributed by atoms with Crippen LogP contribution in [0.5, 0.6) is 0 Å². The zero-order valence-corrected chi connectivity index (χ0v) is 15.8. The first kappa shape index (κ1) is 14.9. The third-order valence-electron chi connectivity index (χ3n) is 4.16. The molecule has 0 unspecified atom stereocenters. The third-order valence-corrected chi connectivity index (χ3v) is 9.75. The van der Waals surface area contributed by atoms with E-state index in [1.807, 2.05) is 43.2 Å². The van der Waals surface area contributed by atoms with Gasteiger partial charge in [-0.2, -0.15) is 0 Å². The van der Waals surface area contributed by atoms with Gasteiger partial charge in [-0.05, 0) is 70.9 Å². The first-order chi connectivity index (χ1) is 9.43. The number of hydrogen-bond donors (Lipinski definition) is 0. The summed E-state index contributed by atoms with van der Waals surface area (Å²) in [6.45, 7) is 8.87. The van der Waals surface area contributed by atoms with Crippen molar-refractivity contribution in [3.8, 4) is 0 Å². The molecule has 1 aliphatic rings. The molecule has 0 amide bonds. The lowest BCUT2D eigenvalue weighted by Crippen LogP contribution is -1.93. The van der Waals surface area contributed by atoms with E-state index >= 15 is 0 Å². The van der Waals surface area contributed by atoms with E-state index in [-0.39, 0.29) is 0 Å². The molecule has 6 heteroatoms. The summed E-state index contributed by atoms with van der Waals surface area (Å²) in [4.78, 5) is 5.72. The van der Waals surface area contributed by atoms with Crippen LogP contribution in [0.3, 0.4) is 0 Å². The van der Waals surface area contributed by atoms with Crippen molar-refractivity contribution in [3.63, 3.8) is 0 Å². The van der Waals surface area contributed by atoms with E-state index in [0.717, 1.165) is 0 Å². The average Bonchev–Trinajstić information content (AvgIpc) is 2.72. The molecule has 2 aromatic rings. The van der Waals surface area contributed by atoms with Crippen LogP contribution in [0.4, 0.5) is 0 Å². The molecule has 0 saturated carbocycles. The summed E-state index contributed by atoms with van der Waals surface area (Å²) in [5.74, 6) is 0. The summed E-state index contributed by atoms with van der Waals surface area (Å²) < 4.78 is 4.61. The molecule has 3 rings (SSSR count). The predicted molar refractivity (Wildman–Crippen MR) is 93.2 cm³/mol. The Morgan fingerprint density at radius 3 is 0.900 bits per heavy atom. The van der Waals surface area contributed by atoms with Crippen LogP contribution in [0.2, 0.25) is 0 Å². The van der Waals surface area contributed by atoms with E-state index in [2.05, 4.69) is 50.9 Å². The molecule has 108 valence electrons. The van der Waals surface area contributed by atoms with Crippen molar-refractivity contribution in [3.05, 3.63) is 22.8 Å². The van der Waals surface area contributed by atoms with Crippen molar-refractivity contribution >= 4 is 43.2 Å². The zero-order chi connectivity index (χ0) is 14.6. The Morgan fingerprint density at radius 2 is 0.700 bits per heavy atom. The third kappa shape index (κ3) is 2.07. The van der Waals surface area contributed by atoms with Gasteiger partial charge in [-0.1, -0.05) is 0 Å². The monoisotopic (exact) mass is 342 g/mol. The Hall–Kier alpha value is -0.0400. The molecule has 0 bridgehead atoms. The van der Waals surface area contributed by atoms with Crippen LogP contribution in [0.15, 0.2) is 19.6 Å². The molecule has 2 nitrogen and oxygen atoms in total. The highest BCUT2D eigenvalue weighted by atomic mass is 33.1. The van der Waals surface area contributed by atoms with Crippen molar-refractivity contribution < 1.29 is 0 Å². The molecule has 3 heterocycles. The van der Waals surface area contributed by atoms with Crippen molar-refractivity contribution in [1.29, 1.82) is 0 Å². The second-order valence-corrected chi connectivity index (χ2v) is 9.41. The Balaban J connectivity index is 2.09. The zero-order valence-electron chi connectivity index (χ0n) is 12.5. The Kier molecular flexibility index (Phi) is 3.95. The van der Waals surface area contributed by atoms with Crippen LogP contribution < -0.4 is 0 Å². The summed E-state index contributed by atoms with van der Waals surface area (Å²) in [5.41, 5.74) is 5.49. The molecule has 0 saturated heterocycles. The summed E-state index contributed by atoms with van der Waals surface area (Å²) in [6.07, 6.45) is 0. The number of aromatic nitrogens is 2.